The molecule has 190 valence electrons. The van der Waals surface area contributed by atoms with Crippen LogP contribution in [0.4, 0.5) is 5.69 Å². The number of anilines is 1. The zero-order valence-corrected chi connectivity index (χ0v) is 20.9. The van der Waals surface area contributed by atoms with Crippen LogP contribution in [-0.4, -0.2) is 67.9 Å². The van der Waals surface area contributed by atoms with Gasteiger partial charge in [0.25, 0.3) is 11.8 Å². The second-order valence-corrected chi connectivity index (χ2v) is 8.54. The molecule has 0 unspecified atom stereocenters. The highest BCUT2D eigenvalue weighted by Crippen LogP contribution is 2.28. The summed E-state index contributed by atoms with van der Waals surface area (Å²) in [6.07, 6.45) is 0. The first-order valence-electron chi connectivity index (χ1n) is 11.3. The third-order valence-electron chi connectivity index (χ3n) is 5.67. The standard InChI is InChI=1S/C25H30BN3O7/c1-14(2)22(13-34-3)29-24(30)15-8-16(26(32)33)10-17(9-15)27-25(31)21-12-23(36-5)19-7-6-18(35-4)11-20(19)28-21/h6-12,14,22,32-33H,13H2,1-5H3,(H,27,31)(H,29,30)/t22-/m0/s1. The quantitative estimate of drug-likeness (QED) is 0.311. The molecule has 10 nitrogen and oxygen atoms in total. The summed E-state index contributed by atoms with van der Waals surface area (Å²) >= 11 is 0. The Balaban J connectivity index is 1.93. The maximum Gasteiger partial charge on any atom is 0.488 e. The molecule has 1 atom stereocenters. The van der Waals surface area contributed by atoms with Crippen molar-refractivity contribution < 1.29 is 33.8 Å². The van der Waals surface area contributed by atoms with Crippen LogP contribution in [0.2, 0.25) is 0 Å². The van der Waals surface area contributed by atoms with Crippen LogP contribution in [0, 0.1) is 5.92 Å². The molecule has 2 aromatic carbocycles. The molecule has 0 aliphatic heterocycles. The largest absolute Gasteiger partial charge is 0.497 e. The van der Waals surface area contributed by atoms with E-state index in [-0.39, 0.29) is 34.4 Å². The molecule has 0 fully saturated rings. The lowest BCUT2D eigenvalue weighted by atomic mass is 9.79. The van der Waals surface area contributed by atoms with Gasteiger partial charge in [0.05, 0.1) is 32.4 Å². The Bertz CT molecular complexity index is 1250. The van der Waals surface area contributed by atoms with Crippen molar-refractivity contribution in [1.29, 1.82) is 0 Å². The van der Waals surface area contributed by atoms with Gasteiger partial charge in [0, 0.05) is 35.9 Å². The van der Waals surface area contributed by atoms with Gasteiger partial charge in [-0.05, 0) is 41.7 Å². The maximum atomic E-state index is 13.1. The summed E-state index contributed by atoms with van der Waals surface area (Å²) in [6.45, 7) is 4.21. The number of hydrogen-bond acceptors (Lipinski definition) is 8. The number of nitrogens with one attached hydrogen (secondary N) is 2. The van der Waals surface area contributed by atoms with Crippen LogP contribution in [0.1, 0.15) is 34.7 Å². The molecular weight excluding hydrogens is 465 g/mol. The van der Waals surface area contributed by atoms with E-state index in [1.165, 1.54) is 38.5 Å². The van der Waals surface area contributed by atoms with Gasteiger partial charge in [-0.3, -0.25) is 9.59 Å². The minimum atomic E-state index is -1.85. The first-order valence-corrected chi connectivity index (χ1v) is 11.3. The molecular formula is C25H30BN3O7. The predicted octanol–water partition coefficient (Wildman–Crippen LogP) is 1.58. The number of aromatic nitrogens is 1. The van der Waals surface area contributed by atoms with E-state index in [1.807, 2.05) is 13.8 Å². The number of amides is 2. The third kappa shape index (κ3) is 6.31. The van der Waals surface area contributed by atoms with E-state index in [0.717, 1.165) is 0 Å². The second kappa shape index (κ2) is 11.8. The molecule has 0 saturated carbocycles. The van der Waals surface area contributed by atoms with Gasteiger partial charge in [-0.2, -0.15) is 0 Å². The molecule has 0 aliphatic carbocycles. The molecule has 0 spiro atoms. The molecule has 1 heterocycles. The molecule has 0 bridgehead atoms. The molecule has 1 aromatic heterocycles. The van der Waals surface area contributed by atoms with E-state index in [1.54, 1.807) is 25.3 Å². The molecule has 0 radical (unpaired) electrons. The van der Waals surface area contributed by atoms with Crippen molar-refractivity contribution in [2.75, 3.05) is 33.3 Å². The number of fused-ring (bicyclic) bond motifs is 1. The van der Waals surface area contributed by atoms with Crippen molar-refractivity contribution in [3.8, 4) is 11.5 Å². The van der Waals surface area contributed by atoms with E-state index in [9.17, 15) is 19.6 Å². The summed E-state index contributed by atoms with van der Waals surface area (Å²) in [5.41, 5.74) is 0.936. The number of hydrogen-bond donors (Lipinski definition) is 4. The first kappa shape index (κ1) is 26.9. The maximum absolute atomic E-state index is 13.1. The van der Waals surface area contributed by atoms with Crippen molar-refractivity contribution in [2.45, 2.75) is 19.9 Å². The van der Waals surface area contributed by atoms with Gasteiger partial charge < -0.3 is 34.9 Å². The lowest BCUT2D eigenvalue weighted by molar-refractivity contribution is 0.0866. The molecule has 4 N–H and O–H groups in total. The highest BCUT2D eigenvalue weighted by Gasteiger charge is 2.21. The molecule has 0 aliphatic rings. The SMILES string of the molecule is COC[C@H](NC(=O)c1cc(NC(=O)c2cc(OC)c3ccc(OC)cc3n2)cc(B(O)O)c1)C(C)C. The molecule has 3 aromatic rings. The van der Waals surface area contributed by atoms with E-state index in [2.05, 4.69) is 15.6 Å². The Kier molecular flexibility index (Phi) is 8.86. The normalized spacial score (nSPS) is 11.8. The lowest BCUT2D eigenvalue weighted by Gasteiger charge is -2.22. The summed E-state index contributed by atoms with van der Waals surface area (Å²) in [5.74, 6) is 0.107. The fourth-order valence-corrected chi connectivity index (χ4v) is 3.62. The fourth-order valence-electron chi connectivity index (χ4n) is 3.62. The number of methoxy groups -OCH3 is 3. The minimum absolute atomic E-state index is 0.0413. The third-order valence-corrected chi connectivity index (χ3v) is 5.67. The van der Waals surface area contributed by atoms with Crippen LogP contribution in [0.3, 0.4) is 0 Å². The van der Waals surface area contributed by atoms with Crippen LogP contribution >= 0.6 is 0 Å². The van der Waals surface area contributed by atoms with Gasteiger partial charge in [0.15, 0.2) is 0 Å². The number of rotatable bonds is 10. The topological polar surface area (TPSA) is 139 Å². The van der Waals surface area contributed by atoms with E-state index in [4.69, 9.17) is 14.2 Å². The van der Waals surface area contributed by atoms with E-state index in [0.29, 0.717) is 29.0 Å². The summed E-state index contributed by atoms with van der Waals surface area (Å²) in [5, 5.41) is 25.8. The van der Waals surface area contributed by atoms with Gasteiger partial charge in [0.1, 0.15) is 17.2 Å². The Morgan fingerprint density at radius 1 is 1.00 bits per heavy atom. The molecule has 11 heteroatoms. The average Bonchev–Trinajstić information content (AvgIpc) is 2.86. The van der Waals surface area contributed by atoms with Crippen LogP contribution < -0.4 is 25.6 Å². The highest BCUT2D eigenvalue weighted by atomic mass is 16.5. The number of nitrogens with zero attached hydrogens (tertiary/aromatic N) is 1. The van der Waals surface area contributed by atoms with Gasteiger partial charge in [-0.1, -0.05) is 13.8 Å². The van der Waals surface area contributed by atoms with Gasteiger partial charge in [-0.25, -0.2) is 4.98 Å². The summed E-state index contributed by atoms with van der Waals surface area (Å²) in [6, 6.07) is 10.7. The first-order chi connectivity index (χ1) is 17.2. The highest BCUT2D eigenvalue weighted by molar-refractivity contribution is 6.58. The van der Waals surface area contributed by atoms with Crippen LogP contribution in [-0.2, 0) is 4.74 Å². The molecule has 3 rings (SSSR count). The number of benzene rings is 2. The van der Waals surface area contributed by atoms with Gasteiger partial charge >= 0.3 is 7.12 Å². The van der Waals surface area contributed by atoms with Crippen LogP contribution in [0.15, 0.2) is 42.5 Å². The lowest BCUT2D eigenvalue weighted by Crippen LogP contribution is -2.42. The number of carbonyl (C=O) groups excluding carboxylic acids is 2. The van der Waals surface area contributed by atoms with E-state index < -0.39 is 18.9 Å². The van der Waals surface area contributed by atoms with E-state index >= 15 is 0 Å². The minimum Gasteiger partial charge on any atom is -0.497 e. The number of carbonyl (C=O) groups is 2. The second-order valence-electron chi connectivity index (χ2n) is 8.54. The van der Waals surface area contributed by atoms with Crippen LogP contribution in [0.25, 0.3) is 10.9 Å². The number of ether oxygens (including phenoxy) is 3. The Labute approximate surface area is 209 Å². The summed E-state index contributed by atoms with van der Waals surface area (Å²) in [4.78, 5) is 30.4. The molecule has 0 saturated heterocycles. The monoisotopic (exact) mass is 495 g/mol. The van der Waals surface area contributed by atoms with Crippen molar-refractivity contribution in [3.63, 3.8) is 0 Å². The summed E-state index contributed by atoms with van der Waals surface area (Å²) < 4.78 is 15.9. The van der Waals surface area contributed by atoms with Crippen molar-refractivity contribution in [3.05, 3.63) is 53.7 Å². The van der Waals surface area contributed by atoms with Gasteiger partial charge in [0.2, 0.25) is 0 Å². The number of pyridine rings is 1. The zero-order valence-electron chi connectivity index (χ0n) is 20.9. The molecule has 2 amide bonds. The summed E-state index contributed by atoms with van der Waals surface area (Å²) in [7, 11) is 2.72. The van der Waals surface area contributed by atoms with Crippen molar-refractivity contribution >= 4 is 41.0 Å². The van der Waals surface area contributed by atoms with Crippen LogP contribution in [0.5, 0.6) is 11.5 Å². The van der Waals surface area contributed by atoms with Gasteiger partial charge in [-0.15, -0.1) is 0 Å². The average molecular weight is 495 g/mol. The molecule has 36 heavy (non-hydrogen) atoms. The Morgan fingerprint density at radius 2 is 1.75 bits per heavy atom. The Morgan fingerprint density at radius 3 is 2.36 bits per heavy atom. The fraction of sp³-hybridized carbons (Fsp3) is 0.320. The zero-order chi connectivity index (χ0) is 26.4. The smallest absolute Gasteiger partial charge is 0.488 e. The predicted molar refractivity (Wildman–Crippen MR) is 137 cm³/mol. The Hall–Kier alpha value is -3.67. The van der Waals surface area contributed by atoms with Crippen molar-refractivity contribution in [1.82, 2.24) is 10.3 Å². The van der Waals surface area contributed by atoms with Crippen molar-refractivity contribution in [2.24, 2.45) is 5.92 Å².